The second-order valence-electron chi connectivity index (χ2n) is 5.72. The van der Waals surface area contributed by atoms with Crippen molar-refractivity contribution in [3.63, 3.8) is 0 Å². The summed E-state index contributed by atoms with van der Waals surface area (Å²) in [5.74, 6) is 6.81. The molecule has 1 aliphatic rings. The van der Waals surface area contributed by atoms with Crippen molar-refractivity contribution in [2.24, 2.45) is 5.84 Å². The second-order valence-corrected chi connectivity index (χ2v) is 5.72. The van der Waals surface area contributed by atoms with Gasteiger partial charge in [0.25, 0.3) is 0 Å². The normalized spacial score (nSPS) is 21.9. The maximum absolute atomic E-state index is 5.74. The Bertz CT molecular complexity index is 608. The van der Waals surface area contributed by atoms with E-state index in [9.17, 15) is 0 Å². The Hall–Kier alpha value is -1.86. The molecule has 7 heteroatoms. The topological polar surface area (TPSA) is 89.5 Å². The zero-order valence-corrected chi connectivity index (χ0v) is 11.8. The first-order valence-corrected chi connectivity index (χ1v) is 6.78. The molecule has 0 radical (unpaired) electrons. The molecule has 108 valence electrons. The molecule has 1 aliphatic heterocycles. The van der Waals surface area contributed by atoms with Gasteiger partial charge >= 0.3 is 0 Å². The van der Waals surface area contributed by atoms with Gasteiger partial charge in [-0.15, -0.1) is 0 Å². The lowest BCUT2D eigenvalue weighted by atomic mass is 9.94. The fourth-order valence-electron chi connectivity index (χ4n) is 2.65. The molecule has 0 amide bonds. The molecule has 1 unspecified atom stereocenters. The fourth-order valence-corrected chi connectivity index (χ4v) is 2.65. The molecule has 0 spiro atoms. The van der Waals surface area contributed by atoms with Crippen LogP contribution in [0.25, 0.3) is 5.65 Å². The Morgan fingerprint density at radius 2 is 2.35 bits per heavy atom. The maximum atomic E-state index is 5.74. The number of ether oxygens (including phenoxy) is 1. The Kier molecular flexibility index (Phi) is 3.23. The molecule has 3 rings (SSSR count). The van der Waals surface area contributed by atoms with Gasteiger partial charge < -0.3 is 19.9 Å². The summed E-state index contributed by atoms with van der Waals surface area (Å²) in [6.07, 6.45) is 7.31. The van der Waals surface area contributed by atoms with Crippen LogP contribution in [0, 0.1) is 0 Å². The standard InChI is InChI=1S/C13H20N6O/c1-13(2)7-9(3-6-20-13)16-11-12-15-4-5-19(12)8-10(17-11)18-14/h4-5,8-9,18H,3,6-7,14H2,1-2H3,(H,16,17). The first-order chi connectivity index (χ1) is 9.57. The average molecular weight is 276 g/mol. The number of anilines is 2. The first-order valence-electron chi connectivity index (χ1n) is 6.78. The minimum Gasteiger partial charge on any atom is -0.375 e. The third-order valence-corrected chi connectivity index (χ3v) is 3.56. The van der Waals surface area contributed by atoms with Gasteiger partial charge in [-0.05, 0) is 26.7 Å². The third-order valence-electron chi connectivity index (χ3n) is 3.56. The highest BCUT2D eigenvalue weighted by atomic mass is 16.5. The molecule has 3 heterocycles. The van der Waals surface area contributed by atoms with Crippen LogP contribution in [0.1, 0.15) is 26.7 Å². The third kappa shape index (κ3) is 2.54. The number of hydrogen-bond donors (Lipinski definition) is 3. The van der Waals surface area contributed by atoms with E-state index in [0.29, 0.717) is 11.9 Å². The lowest BCUT2D eigenvalue weighted by molar-refractivity contribution is -0.0553. The lowest BCUT2D eigenvalue weighted by Gasteiger charge is -2.36. The molecular formula is C13H20N6O. The molecule has 7 nitrogen and oxygen atoms in total. The van der Waals surface area contributed by atoms with Crippen LogP contribution >= 0.6 is 0 Å². The first kappa shape index (κ1) is 13.1. The highest BCUT2D eigenvalue weighted by molar-refractivity contribution is 5.65. The van der Waals surface area contributed by atoms with E-state index in [1.54, 1.807) is 12.4 Å². The van der Waals surface area contributed by atoms with Crippen molar-refractivity contribution < 1.29 is 4.74 Å². The molecule has 0 aliphatic carbocycles. The minimum atomic E-state index is -0.106. The zero-order chi connectivity index (χ0) is 14.2. The molecule has 2 aromatic heterocycles. The lowest BCUT2D eigenvalue weighted by Crippen LogP contribution is -2.40. The van der Waals surface area contributed by atoms with Crippen molar-refractivity contribution in [2.45, 2.75) is 38.3 Å². The molecule has 0 saturated carbocycles. The monoisotopic (exact) mass is 276 g/mol. The number of hydrazine groups is 1. The molecule has 1 fully saturated rings. The molecule has 1 saturated heterocycles. The molecular weight excluding hydrogens is 256 g/mol. The Labute approximate surface area is 117 Å². The van der Waals surface area contributed by atoms with Crippen LogP contribution in [0.2, 0.25) is 0 Å². The SMILES string of the molecule is CC1(C)CC(Nc2nc(NN)cn3ccnc23)CCO1. The van der Waals surface area contributed by atoms with Gasteiger partial charge in [0.15, 0.2) is 17.3 Å². The van der Waals surface area contributed by atoms with Crippen molar-refractivity contribution >= 4 is 17.3 Å². The van der Waals surface area contributed by atoms with E-state index < -0.39 is 0 Å². The summed E-state index contributed by atoms with van der Waals surface area (Å²) in [6, 6.07) is 0.319. The summed E-state index contributed by atoms with van der Waals surface area (Å²) in [6.45, 7) is 4.97. The van der Waals surface area contributed by atoms with Crippen LogP contribution in [-0.4, -0.2) is 32.6 Å². The van der Waals surface area contributed by atoms with Crippen LogP contribution in [0.3, 0.4) is 0 Å². The smallest absolute Gasteiger partial charge is 0.180 e. The number of aromatic nitrogens is 3. The largest absolute Gasteiger partial charge is 0.375 e. The van der Waals surface area contributed by atoms with Gasteiger partial charge in [-0.2, -0.15) is 0 Å². The van der Waals surface area contributed by atoms with E-state index in [1.807, 2.05) is 10.6 Å². The maximum Gasteiger partial charge on any atom is 0.180 e. The molecule has 1 atom stereocenters. The van der Waals surface area contributed by atoms with Crippen molar-refractivity contribution in [2.75, 3.05) is 17.3 Å². The van der Waals surface area contributed by atoms with Crippen molar-refractivity contribution in [3.8, 4) is 0 Å². The van der Waals surface area contributed by atoms with E-state index in [4.69, 9.17) is 10.6 Å². The van der Waals surface area contributed by atoms with Crippen molar-refractivity contribution in [1.82, 2.24) is 14.4 Å². The number of fused-ring (bicyclic) bond motifs is 1. The summed E-state index contributed by atoms with van der Waals surface area (Å²) in [7, 11) is 0. The van der Waals surface area contributed by atoms with Gasteiger partial charge in [0.2, 0.25) is 0 Å². The fraction of sp³-hybridized carbons (Fsp3) is 0.538. The van der Waals surface area contributed by atoms with Crippen LogP contribution < -0.4 is 16.6 Å². The molecule has 0 bridgehead atoms. The number of nitrogens with zero attached hydrogens (tertiary/aromatic N) is 3. The Morgan fingerprint density at radius 3 is 3.10 bits per heavy atom. The highest BCUT2D eigenvalue weighted by Gasteiger charge is 2.29. The molecule has 0 aromatic carbocycles. The summed E-state index contributed by atoms with van der Waals surface area (Å²) in [4.78, 5) is 8.80. The van der Waals surface area contributed by atoms with E-state index in [0.717, 1.165) is 30.9 Å². The van der Waals surface area contributed by atoms with Gasteiger partial charge in [-0.3, -0.25) is 0 Å². The quantitative estimate of drug-likeness (QED) is 0.580. The van der Waals surface area contributed by atoms with Gasteiger partial charge in [0.05, 0.1) is 11.8 Å². The molecule has 2 aromatic rings. The number of nitrogen functional groups attached to an aromatic ring is 1. The number of hydrogen-bond acceptors (Lipinski definition) is 6. The predicted molar refractivity (Wildman–Crippen MR) is 77.5 cm³/mol. The van der Waals surface area contributed by atoms with Crippen LogP contribution in [0.5, 0.6) is 0 Å². The summed E-state index contributed by atoms with van der Waals surface area (Å²) >= 11 is 0. The number of nitrogens with one attached hydrogen (secondary N) is 2. The van der Waals surface area contributed by atoms with Crippen molar-refractivity contribution in [1.29, 1.82) is 0 Å². The van der Waals surface area contributed by atoms with E-state index >= 15 is 0 Å². The van der Waals surface area contributed by atoms with Crippen LogP contribution in [0.4, 0.5) is 11.6 Å². The molecule has 4 N–H and O–H groups in total. The van der Waals surface area contributed by atoms with Gasteiger partial charge in [-0.1, -0.05) is 0 Å². The van der Waals surface area contributed by atoms with E-state index in [2.05, 4.69) is 34.6 Å². The number of rotatable bonds is 3. The number of nitrogens with two attached hydrogens (primary N) is 1. The molecule has 20 heavy (non-hydrogen) atoms. The predicted octanol–water partition coefficient (Wildman–Crippen LogP) is 1.38. The van der Waals surface area contributed by atoms with Gasteiger partial charge in [0, 0.05) is 25.0 Å². The summed E-state index contributed by atoms with van der Waals surface area (Å²) < 4.78 is 7.63. The summed E-state index contributed by atoms with van der Waals surface area (Å²) in [5.41, 5.74) is 3.27. The Morgan fingerprint density at radius 1 is 1.50 bits per heavy atom. The minimum absolute atomic E-state index is 0.106. The Balaban J connectivity index is 1.88. The van der Waals surface area contributed by atoms with Crippen molar-refractivity contribution in [3.05, 3.63) is 18.6 Å². The summed E-state index contributed by atoms with van der Waals surface area (Å²) in [5, 5.41) is 3.47. The van der Waals surface area contributed by atoms with Crippen LogP contribution in [-0.2, 0) is 4.74 Å². The average Bonchev–Trinajstić information content (AvgIpc) is 2.85. The van der Waals surface area contributed by atoms with Crippen LogP contribution in [0.15, 0.2) is 18.6 Å². The van der Waals surface area contributed by atoms with E-state index in [-0.39, 0.29) is 5.60 Å². The van der Waals surface area contributed by atoms with Gasteiger partial charge in [0.1, 0.15) is 0 Å². The number of imidazole rings is 1. The van der Waals surface area contributed by atoms with E-state index in [1.165, 1.54) is 0 Å². The van der Waals surface area contributed by atoms with Gasteiger partial charge in [-0.25, -0.2) is 15.8 Å². The second kappa shape index (κ2) is 4.92. The highest BCUT2D eigenvalue weighted by Crippen LogP contribution is 2.27. The zero-order valence-electron chi connectivity index (χ0n) is 11.8.